The number of ether oxygens (including phenoxy) is 1. The number of benzene rings is 2. The Balaban J connectivity index is 2.46. The molecule has 3 N–H and O–H groups in total. The maximum Gasteiger partial charge on any atom is 0.193 e. The Kier molecular flexibility index (Phi) is 8.30. The molecule has 32 heavy (non-hydrogen) atoms. The molecule has 170 valence electrons. The van der Waals surface area contributed by atoms with Crippen LogP contribution in [-0.2, 0) is 6.42 Å². The van der Waals surface area contributed by atoms with Gasteiger partial charge in [-0.15, -0.1) is 0 Å². The van der Waals surface area contributed by atoms with Crippen molar-refractivity contribution in [1.29, 1.82) is 0 Å². The van der Waals surface area contributed by atoms with E-state index < -0.39 is 5.78 Å². The van der Waals surface area contributed by atoms with Crippen molar-refractivity contribution in [1.82, 2.24) is 0 Å². The van der Waals surface area contributed by atoms with Crippen LogP contribution >= 0.6 is 0 Å². The first kappa shape index (κ1) is 24.8. The van der Waals surface area contributed by atoms with E-state index in [0.717, 1.165) is 16.7 Å². The lowest BCUT2D eigenvalue weighted by atomic mass is 9.88. The quantitative estimate of drug-likeness (QED) is 0.251. The molecule has 2 aromatic rings. The third-order valence-electron chi connectivity index (χ3n) is 5.44. The van der Waals surface area contributed by atoms with Crippen LogP contribution in [0.2, 0.25) is 0 Å². The van der Waals surface area contributed by atoms with Crippen LogP contribution in [0, 0.1) is 12.8 Å². The number of hydrogen-bond acceptors (Lipinski definition) is 5. The smallest absolute Gasteiger partial charge is 0.193 e. The Morgan fingerprint density at radius 3 is 2.41 bits per heavy atom. The minimum atomic E-state index is -0.454. The highest BCUT2D eigenvalue weighted by Crippen LogP contribution is 2.41. The summed E-state index contributed by atoms with van der Waals surface area (Å²) in [4.78, 5) is 13.0. The van der Waals surface area contributed by atoms with E-state index in [2.05, 4.69) is 12.7 Å². The minimum Gasteiger partial charge on any atom is -0.508 e. The second-order valence-corrected chi connectivity index (χ2v) is 8.30. The van der Waals surface area contributed by atoms with Gasteiger partial charge in [0.2, 0.25) is 0 Å². The van der Waals surface area contributed by atoms with E-state index in [1.54, 1.807) is 18.2 Å². The van der Waals surface area contributed by atoms with E-state index in [9.17, 15) is 20.1 Å². The predicted molar refractivity (Wildman–Crippen MR) is 129 cm³/mol. The number of methoxy groups -OCH3 is 1. The molecule has 2 aromatic carbocycles. The van der Waals surface area contributed by atoms with Crippen molar-refractivity contribution < 1.29 is 24.9 Å². The Bertz CT molecular complexity index is 1070. The number of carbonyl (C=O) groups excluding carboxylic acids is 1. The number of phenols is 3. The molecular weight excluding hydrogens is 404 g/mol. The fourth-order valence-corrected chi connectivity index (χ4v) is 3.45. The van der Waals surface area contributed by atoms with Gasteiger partial charge >= 0.3 is 0 Å². The van der Waals surface area contributed by atoms with E-state index in [0.29, 0.717) is 18.4 Å². The van der Waals surface area contributed by atoms with Gasteiger partial charge < -0.3 is 20.1 Å². The second kappa shape index (κ2) is 10.7. The minimum absolute atomic E-state index is 0.00402. The summed E-state index contributed by atoms with van der Waals surface area (Å²) in [6.45, 7) is 11.8. The van der Waals surface area contributed by atoms with E-state index in [1.807, 2.05) is 27.7 Å². The largest absolute Gasteiger partial charge is 0.508 e. The van der Waals surface area contributed by atoms with Gasteiger partial charge in [0.05, 0.1) is 7.11 Å². The van der Waals surface area contributed by atoms with Crippen molar-refractivity contribution >= 4 is 11.9 Å². The maximum atomic E-state index is 13.0. The van der Waals surface area contributed by atoms with Crippen molar-refractivity contribution in [3.05, 3.63) is 76.4 Å². The van der Waals surface area contributed by atoms with Gasteiger partial charge in [0, 0.05) is 11.6 Å². The summed E-state index contributed by atoms with van der Waals surface area (Å²) < 4.78 is 5.27. The zero-order chi connectivity index (χ0) is 24.0. The third-order valence-corrected chi connectivity index (χ3v) is 5.44. The monoisotopic (exact) mass is 436 g/mol. The van der Waals surface area contributed by atoms with Crippen LogP contribution in [0.1, 0.15) is 54.2 Å². The summed E-state index contributed by atoms with van der Waals surface area (Å²) in [7, 11) is 1.38. The molecule has 0 aliphatic carbocycles. The first-order chi connectivity index (χ1) is 15.0. The fraction of sp³-hybridized carbons (Fsp3) is 0.296. The van der Waals surface area contributed by atoms with Crippen molar-refractivity contribution in [3.63, 3.8) is 0 Å². The molecule has 0 aromatic heterocycles. The third kappa shape index (κ3) is 6.03. The molecular formula is C27H32O5. The van der Waals surface area contributed by atoms with Crippen LogP contribution in [-0.4, -0.2) is 28.2 Å². The molecule has 5 heteroatoms. The summed E-state index contributed by atoms with van der Waals surface area (Å²) in [5, 5.41) is 31.1. The summed E-state index contributed by atoms with van der Waals surface area (Å²) >= 11 is 0. The summed E-state index contributed by atoms with van der Waals surface area (Å²) in [6.07, 6.45) is 6.10. The molecule has 2 rings (SSSR count). The molecule has 0 aliphatic heterocycles. The number of rotatable bonds is 9. The van der Waals surface area contributed by atoms with Crippen LogP contribution in [0.5, 0.6) is 23.0 Å². The highest BCUT2D eigenvalue weighted by molar-refractivity contribution is 6.11. The first-order valence-electron chi connectivity index (χ1n) is 10.5. The number of carbonyl (C=O) groups is 1. The lowest BCUT2D eigenvalue weighted by molar-refractivity contribution is 0.104. The summed E-state index contributed by atoms with van der Waals surface area (Å²) in [5.41, 5.74) is 3.95. The van der Waals surface area contributed by atoms with Gasteiger partial charge in [0.1, 0.15) is 28.6 Å². The highest BCUT2D eigenvalue weighted by atomic mass is 16.5. The van der Waals surface area contributed by atoms with Crippen molar-refractivity contribution in [3.8, 4) is 23.0 Å². The SMILES string of the molecule is C=C(C)C(CC=C(C)C)Cc1c(O)cc(OC)c(C(=O)C=Cc2ccc(O)cc2C)c1O. The van der Waals surface area contributed by atoms with Crippen molar-refractivity contribution in [2.75, 3.05) is 7.11 Å². The van der Waals surface area contributed by atoms with Crippen LogP contribution in [0.15, 0.2) is 54.1 Å². The number of ketones is 1. The maximum absolute atomic E-state index is 13.0. The van der Waals surface area contributed by atoms with Crippen molar-refractivity contribution in [2.24, 2.45) is 5.92 Å². The van der Waals surface area contributed by atoms with Gasteiger partial charge in [-0.3, -0.25) is 4.79 Å². The zero-order valence-corrected chi connectivity index (χ0v) is 19.4. The molecule has 1 atom stereocenters. The molecule has 0 radical (unpaired) electrons. The molecule has 0 saturated carbocycles. The van der Waals surface area contributed by atoms with Gasteiger partial charge in [0.15, 0.2) is 5.78 Å². The van der Waals surface area contributed by atoms with Gasteiger partial charge in [-0.25, -0.2) is 0 Å². The molecule has 0 spiro atoms. The van der Waals surface area contributed by atoms with E-state index in [1.165, 1.54) is 30.9 Å². The standard InChI is InChI=1S/C27H32O5/c1-16(2)7-8-20(17(3)4)14-22-24(30)15-25(32-6)26(27(22)31)23(29)12-10-19-9-11-21(28)13-18(19)5/h7,9-13,15,20,28,30-31H,3,8,14H2,1-2,4-6H3. The van der Waals surface area contributed by atoms with E-state index in [-0.39, 0.29) is 34.5 Å². The molecule has 0 saturated heterocycles. The van der Waals surface area contributed by atoms with Crippen LogP contribution < -0.4 is 4.74 Å². The number of aromatic hydroxyl groups is 3. The Morgan fingerprint density at radius 1 is 1.16 bits per heavy atom. The van der Waals surface area contributed by atoms with Crippen LogP contribution in [0.4, 0.5) is 0 Å². The van der Waals surface area contributed by atoms with E-state index >= 15 is 0 Å². The molecule has 0 heterocycles. The molecule has 0 aliphatic rings. The molecule has 0 fully saturated rings. The average Bonchev–Trinajstić information content (AvgIpc) is 2.71. The Morgan fingerprint density at radius 2 is 1.84 bits per heavy atom. The van der Waals surface area contributed by atoms with Gasteiger partial charge in [0.25, 0.3) is 0 Å². The number of aryl methyl sites for hydroxylation is 1. The topological polar surface area (TPSA) is 87.0 Å². The number of allylic oxidation sites excluding steroid dienone is 4. The first-order valence-corrected chi connectivity index (χ1v) is 10.5. The van der Waals surface area contributed by atoms with Crippen LogP contribution in [0.25, 0.3) is 6.08 Å². The van der Waals surface area contributed by atoms with Crippen LogP contribution in [0.3, 0.4) is 0 Å². The normalized spacial score (nSPS) is 11.9. The van der Waals surface area contributed by atoms with Gasteiger partial charge in [-0.1, -0.05) is 35.9 Å². The van der Waals surface area contributed by atoms with E-state index in [4.69, 9.17) is 4.74 Å². The zero-order valence-electron chi connectivity index (χ0n) is 19.4. The van der Waals surface area contributed by atoms with Crippen molar-refractivity contribution in [2.45, 2.75) is 40.5 Å². The lowest BCUT2D eigenvalue weighted by Gasteiger charge is -2.19. The Labute approximate surface area is 190 Å². The highest BCUT2D eigenvalue weighted by Gasteiger charge is 2.24. The average molecular weight is 437 g/mol. The Hall–Kier alpha value is -3.47. The molecule has 0 bridgehead atoms. The molecule has 1 unspecified atom stereocenters. The molecule has 0 amide bonds. The summed E-state index contributed by atoms with van der Waals surface area (Å²) in [5.74, 6) is -0.636. The van der Waals surface area contributed by atoms with Gasteiger partial charge in [-0.05, 0) is 75.8 Å². The van der Waals surface area contributed by atoms with Gasteiger partial charge in [-0.2, -0.15) is 0 Å². The summed E-state index contributed by atoms with van der Waals surface area (Å²) in [6, 6.07) is 6.20. The molecule has 5 nitrogen and oxygen atoms in total. The number of phenolic OH excluding ortho intramolecular Hbond substituents is 3. The second-order valence-electron chi connectivity index (χ2n) is 8.30. The lowest BCUT2D eigenvalue weighted by Crippen LogP contribution is -2.08. The fourth-order valence-electron chi connectivity index (χ4n) is 3.45. The predicted octanol–water partition coefficient (Wildman–Crippen LogP) is 6.11. The number of hydrogen-bond donors (Lipinski definition) is 3.